The first-order chi connectivity index (χ1) is 8.04. The van der Waals surface area contributed by atoms with E-state index in [4.69, 9.17) is 10.8 Å². The first-order valence-electron chi connectivity index (χ1n) is 5.60. The van der Waals surface area contributed by atoms with Crippen LogP contribution in [0.4, 0.5) is 0 Å². The fourth-order valence-corrected chi connectivity index (χ4v) is 1.34. The van der Waals surface area contributed by atoms with Crippen molar-refractivity contribution in [1.82, 2.24) is 5.32 Å². The highest BCUT2D eigenvalue weighted by atomic mass is 16.3. The van der Waals surface area contributed by atoms with Crippen LogP contribution in [0.1, 0.15) is 30.1 Å². The molecule has 17 heavy (non-hydrogen) atoms. The van der Waals surface area contributed by atoms with Gasteiger partial charge in [0.1, 0.15) is 0 Å². The van der Waals surface area contributed by atoms with E-state index in [2.05, 4.69) is 5.32 Å². The average Bonchev–Trinajstić information content (AvgIpc) is 2.32. The van der Waals surface area contributed by atoms with Gasteiger partial charge in [-0.05, 0) is 31.0 Å². The number of carbonyl (C=O) groups is 1. The lowest BCUT2D eigenvalue weighted by Gasteiger charge is -2.09. The van der Waals surface area contributed by atoms with Gasteiger partial charge >= 0.3 is 0 Å². The molecule has 1 unspecified atom stereocenters. The summed E-state index contributed by atoms with van der Waals surface area (Å²) in [5.41, 5.74) is 6.03. The molecule has 94 valence electrons. The lowest BCUT2D eigenvalue weighted by molar-refractivity contribution is 0.0952. The van der Waals surface area contributed by atoms with E-state index < -0.39 is 0 Å². The Morgan fingerprint density at radius 1 is 1.41 bits per heavy atom. The standard InChI is InChI=1S/C12H18N2O3/c1-2-9(13)5-6-14-12(17)8-3-4-10(15)11(16)7-8/h3-4,7,9,15-16H,2,5-6,13H2,1H3,(H,14,17). The van der Waals surface area contributed by atoms with Crippen LogP contribution < -0.4 is 11.1 Å². The minimum atomic E-state index is -0.303. The van der Waals surface area contributed by atoms with E-state index in [-0.39, 0.29) is 23.4 Å². The van der Waals surface area contributed by atoms with Gasteiger partial charge in [0.2, 0.25) is 0 Å². The van der Waals surface area contributed by atoms with Gasteiger partial charge in [-0.25, -0.2) is 0 Å². The Bertz CT molecular complexity index is 393. The van der Waals surface area contributed by atoms with Gasteiger partial charge in [-0.15, -0.1) is 0 Å². The van der Waals surface area contributed by atoms with Crippen molar-refractivity contribution < 1.29 is 15.0 Å². The number of aromatic hydroxyl groups is 2. The predicted octanol–water partition coefficient (Wildman–Crippen LogP) is 0.955. The van der Waals surface area contributed by atoms with Crippen molar-refractivity contribution in [3.63, 3.8) is 0 Å². The molecular formula is C12H18N2O3. The Labute approximate surface area is 100 Å². The molecule has 0 aliphatic rings. The number of hydrogen-bond donors (Lipinski definition) is 4. The summed E-state index contributed by atoms with van der Waals surface area (Å²) in [6.07, 6.45) is 1.59. The fourth-order valence-electron chi connectivity index (χ4n) is 1.34. The van der Waals surface area contributed by atoms with E-state index in [9.17, 15) is 9.90 Å². The molecule has 5 N–H and O–H groups in total. The van der Waals surface area contributed by atoms with E-state index >= 15 is 0 Å². The second kappa shape index (κ2) is 6.10. The normalized spacial score (nSPS) is 12.1. The van der Waals surface area contributed by atoms with Crippen LogP contribution in [0.15, 0.2) is 18.2 Å². The third kappa shape index (κ3) is 3.96. The highest BCUT2D eigenvalue weighted by Gasteiger charge is 2.08. The molecule has 0 fully saturated rings. The number of rotatable bonds is 5. The highest BCUT2D eigenvalue weighted by Crippen LogP contribution is 2.24. The van der Waals surface area contributed by atoms with Crippen LogP contribution in [0.5, 0.6) is 11.5 Å². The minimum Gasteiger partial charge on any atom is -0.504 e. The number of hydrogen-bond acceptors (Lipinski definition) is 4. The van der Waals surface area contributed by atoms with Gasteiger partial charge in [-0.1, -0.05) is 6.92 Å². The molecular weight excluding hydrogens is 220 g/mol. The molecule has 0 spiro atoms. The van der Waals surface area contributed by atoms with E-state index in [1.165, 1.54) is 18.2 Å². The maximum atomic E-state index is 11.6. The molecule has 0 heterocycles. The third-order valence-electron chi connectivity index (χ3n) is 2.56. The van der Waals surface area contributed by atoms with Gasteiger partial charge in [0.15, 0.2) is 11.5 Å². The summed E-state index contributed by atoms with van der Waals surface area (Å²) in [5.74, 6) is -0.832. The van der Waals surface area contributed by atoms with Crippen molar-refractivity contribution in [3.05, 3.63) is 23.8 Å². The third-order valence-corrected chi connectivity index (χ3v) is 2.56. The van der Waals surface area contributed by atoms with E-state index in [1.54, 1.807) is 0 Å². The van der Waals surface area contributed by atoms with E-state index in [1.807, 2.05) is 6.92 Å². The van der Waals surface area contributed by atoms with Crippen LogP contribution in [0, 0.1) is 0 Å². The van der Waals surface area contributed by atoms with Crippen LogP contribution in [-0.4, -0.2) is 28.7 Å². The van der Waals surface area contributed by atoms with Crippen molar-refractivity contribution in [3.8, 4) is 11.5 Å². The molecule has 5 nitrogen and oxygen atoms in total. The minimum absolute atomic E-state index is 0.0866. The maximum Gasteiger partial charge on any atom is 0.251 e. The Hall–Kier alpha value is -1.75. The second-order valence-corrected chi connectivity index (χ2v) is 3.92. The first kappa shape index (κ1) is 13.3. The first-order valence-corrected chi connectivity index (χ1v) is 5.60. The lowest BCUT2D eigenvalue weighted by Crippen LogP contribution is -2.29. The number of phenolic OH excluding ortho intramolecular Hbond substituents is 2. The van der Waals surface area contributed by atoms with Crippen LogP contribution in [0.2, 0.25) is 0 Å². The number of amides is 1. The topological polar surface area (TPSA) is 95.6 Å². The SMILES string of the molecule is CCC(N)CCNC(=O)c1ccc(O)c(O)c1. The lowest BCUT2D eigenvalue weighted by atomic mass is 10.1. The summed E-state index contributed by atoms with van der Waals surface area (Å²) >= 11 is 0. The number of nitrogens with two attached hydrogens (primary N) is 1. The van der Waals surface area contributed by atoms with E-state index in [0.717, 1.165) is 6.42 Å². The van der Waals surface area contributed by atoms with Crippen LogP contribution >= 0.6 is 0 Å². The smallest absolute Gasteiger partial charge is 0.251 e. The Kier molecular flexibility index (Phi) is 4.78. The molecule has 1 amide bonds. The summed E-state index contributed by atoms with van der Waals surface area (Å²) in [4.78, 5) is 11.6. The van der Waals surface area contributed by atoms with Gasteiger partial charge in [-0.3, -0.25) is 4.79 Å². The van der Waals surface area contributed by atoms with Gasteiger partial charge in [0.25, 0.3) is 5.91 Å². The molecule has 0 bridgehead atoms. The summed E-state index contributed by atoms with van der Waals surface area (Å²) in [7, 11) is 0. The average molecular weight is 238 g/mol. The van der Waals surface area contributed by atoms with Crippen molar-refractivity contribution in [2.75, 3.05) is 6.54 Å². The summed E-state index contributed by atoms with van der Waals surface area (Å²) in [6, 6.07) is 4.04. The summed E-state index contributed by atoms with van der Waals surface area (Å²) in [6.45, 7) is 2.49. The van der Waals surface area contributed by atoms with Gasteiger partial charge in [0, 0.05) is 18.2 Å². The molecule has 0 aliphatic heterocycles. The van der Waals surface area contributed by atoms with Crippen molar-refractivity contribution >= 4 is 5.91 Å². The molecule has 5 heteroatoms. The number of phenols is 2. The van der Waals surface area contributed by atoms with E-state index in [0.29, 0.717) is 18.5 Å². The zero-order valence-corrected chi connectivity index (χ0v) is 9.81. The molecule has 0 saturated heterocycles. The number of carbonyl (C=O) groups excluding carboxylic acids is 1. The van der Waals surface area contributed by atoms with Gasteiger partial charge in [-0.2, -0.15) is 0 Å². The number of benzene rings is 1. The van der Waals surface area contributed by atoms with Gasteiger partial charge in [0.05, 0.1) is 0 Å². The van der Waals surface area contributed by atoms with Crippen LogP contribution in [0.3, 0.4) is 0 Å². The molecule has 0 saturated carbocycles. The molecule has 0 aromatic heterocycles. The molecule has 1 aromatic carbocycles. The largest absolute Gasteiger partial charge is 0.504 e. The molecule has 1 atom stereocenters. The van der Waals surface area contributed by atoms with Crippen LogP contribution in [-0.2, 0) is 0 Å². The molecule has 1 rings (SSSR count). The molecule has 1 aromatic rings. The van der Waals surface area contributed by atoms with Crippen molar-refractivity contribution in [2.24, 2.45) is 5.73 Å². The Balaban J connectivity index is 2.50. The summed E-state index contributed by atoms with van der Waals surface area (Å²) in [5, 5.41) is 21.1. The zero-order chi connectivity index (χ0) is 12.8. The fraction of sp³-hybridized carbons (Fsp3) is 0.417. The van der Waals surface area contributed by atoms with Crippen molar-refractivity contribution in [1.29, 1.82) is 0 Å². The van der Waals surface area contributed by atoms with Crippen molar-refractivity contribution in [2.45, 2.75) is 25.8 Å². The van der Waals surface area contributed by atoms with Crippen LogP contribution in [0.25, 0.3) is 0 Å². The zero-order valence-electron chi connectivity index (χ0n) is 9.81. The molecule has 0 aliphatic carbocycles. The predicted molar refractivity (Wildman–Crippen MR) is 65.0 cm³/mol. The highest BCUT2D eigenvalue weighted by molar-refractivity contribution is 5.94. The Morgan fingerprint density at radius 2 is 2.12 bits per heavy atom. The Morgan fingerprint density at radius 3 is 2.71 bits per heavy atom. The van der Waals surface area contributed by atoms with Gasteiger partial charge < -0.3 is 21.3 Å². The maximum absolute atomic E-state index is 11.6. The quantitative estimate of drug-likeness (QED) is 0.574. The number of nitrogens with one attached hydrogen (secondary N) is 1. The molecule has 0 radical (unpaired) electrons. The second-order valence-electron chi connectivity index (χ2n) is 3.92. The monoisotopic (exact) mass is 238 g/mol. The summed E-state index contributed by atoms with van der Waals surface area (Å²) < 4.78 is 0.